The molecule has 0 radical (unpaired) electrons. The molecule has 0 aromatic heterocycles. The van der Waals surface area contributed by atoms with Crippen molar-refractivity contribution in [1.82, 2.24) is 4.90 Å². The van der Waals surface area contributed by atoms with Crippen LogP contribution in [-0.4, -0.2) is 61.5 Å². The summed E-state index contributed by atoms with van der Waals surface area (Å²) in [7, 11) is 1.55. The van der Waals surface area contributed by atoms with E-state index in [1.165, 1.54) is 15.9 Å². The van der Waals surface area contributed by atoms with Crippen molar-refractivity contribution in [1.29, 1.82) is 0 Å². The SMILES string of the molecule is CN(C1CCC1)[C@H](C(N)=O)C(=O)Nc1ccc(N2CCOCC2=O)cc1C(F)(F)F. The first-order valence-electron chi connectivity index (χ1n) is 9.51. The first-order chi connectivity index (χ1) is 14.1. The van der Waals surface area contributed by atoms with Gasteiger partial charge in [0.05, 0.1) is 17.9 Å². The number of alkyl halides is 3. The molecule has 1 heterocycles. The molecule has 3 N–H and O–H groups in total. The van der Waals surface area contributed by atoms with Gasteiger partial charge in [-0.05, 0) is 38.1 Å². The lowest BCUT2D eigenvalue weighted by molar-refractivity contribution is -0.137. The fraction of sp³-hybridized carbons (Fsp3) is 0.526. The maximum absolute atomic E-state index is 13.7. The fourth-order valence-electron chi connectivity index (χ4n) is 3.56. The zero-order valence-corrected chi connectivity index (χ0v) is 16.4. The van der Waals surface area contributed by atoms with Gasteiger partial charge in [-0.2, -0.15) is 13.2 Å². The van der Waals surface area contributed by atoms with Crippen LogP contribution in [0.4, 0.5) is 24.5 Å². The molecule has 3 rings (SSSR count). The monoisotopic (exact) mass is 428 g/mol. The lowest BCUT2D eigenvalue weighted by Gasteiger charge is -2.38. The van der Waals surface area contributed by atoms with Crippen LogP contribution >= 0.6 is 0 Å². The molecule has 8 nitrogen and oxygen atoms in total. The predicted molar refractivity (Wildman–Crippen MR) is 102 cm³/mol. The molecular weight excluding hydrogens is 405 g/mol. The third-order valence-electron chi connectivity index (χ3n) is 5.44. The average Bonchev–Trinajstić information content (AvgIpc) is 2.60. The summed E-state index contributed by atoms with van der Waals surface area (Å²) in [6, 6.07) is 1.76. The number of hydrogen-bond acceptors (Lipinski definition) is 5. The average molecular weight is 428 g/mol. The molecule has 1 saturated carbocycles. The number of ether oxygens (including phenoxy) is 1. The van der Waals surface area contributed by atoms with E-state index in [1.807, 2.05) is 0 Å². The molecule has 3 amide bonds. The van der Waals surface area contributed by atoms with Crippen LogP contribution in [0.2, 0.25) is 0 Å². The number of hydrogen-bond donors (Lipinski definition) is 2. The van der Waals surface area contributed by atoms with E-state index < -0.39 is 41.2 Å². The molecule has 2 aliphatic rings. The highest BCUT2D eigenvalue weighted by Gasteiger charge is 2.39. The Morgan fingerprint density at radius 3 is 2.57 bits per heavy atom. The van der Waals surface area contributed by atoms with Crippen LogP contribution in [0, 0.1) is 0 Å². The van der Waals surface area contributed by atoms with E-state index in [-0.39, 0.29) is 31.5 Å². The summed E-state index contributed by atoms with van der Waals surface area (Å²) in [5, 5.41) is 2.19. The van der Waals surface area contributed by atoms with Crippen molar-refractivity contribution >= 4 is 29.1 Å². The van der Waals surface area contributed by atoms with Crippen molar-refractivity contribution in [3.05, 3.63) is 23.8 Å². The van der Waals surface area contributed by atoms with Crippen LogP contribution in [0.3, 0.4) is 0 Å². The van der Waals surface area contributed by atoms with Crippen molar-refractivity contribution < 1.29 is 32.3 Å². The normalized spacial score (nSPS) is 18.8. The number of carbonyl (C=O) groups excluding carboxylic acids is 3. The molecule has 1 aliphatic heterocycles. The number of amides is 3. The highest BCUT2D eigenvalue weighted by molar-refractivity contribution is 6.10. The summed E-state index contributed by atoms with van der Waals surface area (Å²) in [6.07, 6.45) is -2.29. The number of morpholine rings is 1. The lowest BCUT2D eigenvalue weighted by atomic mass is 9.90. The maximum atomic E-state index is 13.7. The molecule has 30 heavy (non-hydrogen) atoms. The molecular formula is C19H23F3N4O4. The number of nitrogens with zero attached hydrogens (tertiary/aromatic N) is 2. The third-order valence-corrected chi connectivity index (χ3v) is 5.44. The van der Waals surface area contributed by atoms with Gasteiger partial charge in [-0.15, -0.1) is 0 Å². The number of likely N-dealkylation sites (N-methyl/N-ethyl adjacent to an activating group) is 1. The van der Waals surface area contributed by atoms with E-state index in [2.05, 4.69) is 5.32 Å². The van der Waals surface area contributed by atoms with Gasteiger partial charge in [0, 0.05) is 18.3 Å². The van der Waals surface area contributed by atoms with Gasteiger partial charge >= 0.3 is 6.18 Å². The summed E-state index contributed by atoms with van der Waals surface area (Å²) in [6.45, 7) is 0.116. The van der Waals surface area contributed by atoms with Crippen molar-refractivity contribution in [3.8, 4) is 0 Å². The van der Waals surface area contributed by atoms with Gasteiger partial charge in [0.25, 0.3) is 11.8 Å². The molecule has 1 aromatic rings. The van der Waals surface area contributed by atoms with E-state index >= 15 is 0 Å². The van der Waals surface area contributed by atoms with Crippen LogP contribution in [0.5, 0.6) is 0 Å². The number of nitrogens with one attached hydrogen (secondary N) is 1. The predicted octanol–water partition coefficient (Wildman–Crippen LogP) is 1.35. The third kappa shape index (κ3) is 4.57. The standard InChI is InChI=1S/C19H23F3N4O4/c1-25(11-3-2-4-11)16(17(23)28)18(29)24-14-6-5-12(9-13(14)19(20,21)22)26-7-8-30-10-15(26)27/h5-6,9,11,16H,2-4,7-8,10H2,1H3,(H2,23,28)(H,24,29)/t16-/m1/s1. The molecule has 1 atom stereocenters. The second kappa shape index (κ2) is 8.60. The molecule has 11 heteroatoms. The molecule has 164 valence electrons. The number of primary amides is 1. The minimum Gasteiger partial charge on any atom is -0.370 e. The number of halogens is 3. The smallest absolute Gasteiger partial charge is 0.370 e. The number of carbonyl (C=O) groups is 3. The lowest BCUT2D eigenvalue weighted by Crippen LogP contribution is -2.55. The number of nitrogens with two attached hydrogens (primary N) is 1. The fourth-order valence-corrected chi connectivity index (χ4v) is 3.56. The highest BCUT2D eigenvalue weighted by Crippen LogP contribution is 2.38. The number of benzene rings is 1. The molecule has 0 bridgehead atoms. The first-order valence-corrected chi connectivity index (χ1v) is 9.51. The van der Waals surface area contributed by atoms with Crippen molar-refractivity contribution in [2.24, 2.45) is 5.73 Å². The summed E-state index contributed by atoms with van der Waals surface area (Å²) < 4.78 is 46.0. The summed E-state index contributed by atoms with van der Waals surface area (Å²) in [4.78, 5) is 39.1. The van der Waals surface area contributed by atoms with Gasteiger partial charge in [-0.25, -0.2) is 0 Å². The first kappa shape index (κ1) is 22.0. The molecule has 1 saturated heterocycles. The Morgan fingerprint density at radius 1 is 1.33 bits per heavy atom. The summed E-state index contributed by atoms with van der Waals surface area (Å²) >= 11 is 0. The summed E-state index contributed by atoms with van der Waals surface area (Å²) in [5.41, 5.74) is 3.77. The Kier molecular flexibility index (Phi) is 6.32. The van der Waals surface area contributed by atoms with Gasteiger partial charge in [0.1, 0.15) is 6.61 Å². The second-order valence-electron chi connectivity index (χ2n) is 7.37. The molecule has 0 unspecified atom stereocenters. The van der Waals surface area contributed by atoms with Gasteiger partial charge < -0.3 is 20.7 Å². The Labute approximate surface area is 171 Å². The largest absolute Gasteiger partial charge is 0.418 e. The Morgan fingerprint density at radius 2 is 2.03 bits per heavy atom. The minimum atomic E-state index is -4.80. The maximum Gasteiger partial charge on any atom is 0.418 e. The zero-order valence-electron chi connectivity index (χ0n) is 16.4. The molecule has 1 aromatic carbocycles. The van der Waals surface area contributed by atoms with E-state index in [1.54, 1.807) is 7.05 Å². The zero-order chi connectivity index (χ0) is 22.1. The van der Waals surface area contributed by atoms with Crippen LogP contribution in [-0.2, 0) is 25.3 Å². The Hall–Kier alpha value is -2.66. The number of rotatable bonds is 6. The van der Waals surface area contributed by atoms with E-state index in [9.17, 15) is 27.6 Å². The van der Waals surface area contributed by atoms with Crippen molar-refractivity contribution in [2.75, 3.05) is 37.0 Å². The molecule has 2 fully saturated rings. The van der Waals surface area contributed by atoms with Gasteiger partial charge in [0.2, 0.25) is 5.91 Å². The highest BCUT2D eigenvalue weighted by atomic mass is 19.4. The summed E-state index contributed by atoms with van der Waals surface area (Å²) in [5.74, 6) is -2.33. The second-order valence-corrected chi connectivity index (χ2v) is 7.37. The Bertz CT molecular complexity index is 842. The van der Waals surface area contributed by atoms with Crippen LogP contribution < -0.4 is 16.0 Å². The van der Waals surface area contributed by atoms with Crippen LogP contribution in [0.1, 0.15) is 24.8 Å². The minimum absolute atomic E-state index is 0.0231. The van der Waals surface area contributed by atoms with Gasteiger partial charge in [-0.1, -0.05) is 6.42 Å². The van der Waals surface area contributed by atoms with E-state index in [0.717, 1.165) is 31.4 Å². The van der Waals surface area contributed by atoms with Gasteiger partial charge in [-0.3, -0.25) is 19.3 Å². The van der Waals surface area contributed by atoms with Crippen LogP contribution in [0.15, 0.2) is 18.2 Å². The Balaban J connectivity index is 1.87. The van der Waals surface area contributed by atoms with Crippen molar-refractivity contribution in [2.45, 2.75) is 37.5 Å². The topological polar surface area (TPSA) is 105 Å². The van der Waals surface area contributed by atoms with Crippen molar-refractivity contribution in [3.63, 3.8) is 0 Å². The van der Waals surface area contributed by atoms with E-state index in [4.69, 9.17) is 10.5 Å². The quantitative estimate of drug-likeness (QED) is 0.666. The molecule has 1 aliphatic carbocycles. The van der Waals surface area contributed by atoms with E-state index in [0.29, 0.717) is 0 Å². The van der Waals surface area contributed by atoms with Gasteiger partial charge in [0.15, 0.2) is 6.04 Å². The van der Waals surface area contributed by atoms with Crippen LogP contribution in [0.25, 0.3) is 0 Å². The molecule has 0 spiro atoms. The number of anilines is 2.